The molecule has 2 aromatic heterocycles. The molecular weight excluding hydrogens is 190 g/mol. The molecule has 0 amide bonds. The zero-order valence-corrected chi connectivity index (χ0v) is 8.77. The highest BCUT2D eigenvalue weighted by atomic mass is 16.3. The van der Waals surface area contributed by atoms with Crippen molar-refractivity contribution in [1.82, 2.24) is 9.97 Å². The van der Waals surface area contributed by atoms with Crippen molar-refractivity contribution in [3.63, 3.8) is 0 Å². The van der Waals surface area contributed by atoms with Crippen LogP contribution in [0.1, 0.15) is 25.6 Å². The third-order valence-electron chi connectivity index (χ3n) is 2.05. The topological polar surface area (TPSA) is 64.9 Å². The van der Waals surface area contributed by atoms with E-state index in [-0.39, 0.29) is 5.92 Å². The molecule has 2 aromatic rings. The second-order valence-corrected chi connectivity index (χ2v) is 3.67. The Bertz CT molecular complexity index is 449. The maximum absolute atomic E-state index is 5.71. The molecule has 0 spiro atoms. The lowest BCUT2D eigenvalue weighted by atomic mass is 10.2. The second kappa shape index (κ2) is 3.73. The summed E-state index contributed by atoms with van der Waals surface area (Å²) in [6.07, 6.45) is 1.61. The van der Waals surface area contributed by atoms with Gasteiger partial charge in [-0.3, -0.25) is 0 Å². The lowest BCUT2D eigenvalue weighted by molar-refractivity contribution is 0.579. The quantitative estimate of drug-likeness (QED) is 0.814. The summed E-state index contributed by atoms with van der Waals surface area (Å²) in [5.41, 5.74) is 6.44. The van der Waals surface area contributed by atoms with Crippen LogP contribution >= 0.6 is 0 Å². The Hall–Kier alpha value is -1.84. The van der Waals surface area contributed by atoms with Crippen LogP contribution in [0.3, 0.4) is 0 Å². The molecule has 4 heteroatoms. The largest absolute Gasteiger partial charge is 0.463 e. The van der Waals surface area contributed by atoms with Gasteiger partial charge in [0, 0.05) is 12.0 Å². The normalized spacial score (nSPS) is 10.9. The predicted octanol–water partition coefficient (Wildman–Crippen LogP) is 2.44. The van der Waals surface area contributed by atoms with Crippen LogP contribution in [0.4, 0.5) is 5.82 Å². The average molecular weight is 203 g/mol. The van der Waals surface area contributed by atoms with Crippen molar-refractivity contribution in [2.75, 3.05) is 5.73 Å². The van der Waals surface area contributed by atoms with Gasteiger partial charge in [0.1, 0.15) is 17.3 Å². The number of hydrogen-bond donors (Lipinski definition) is 1. The fourth-order valence-corrected chi connectivity index (χ4v) is 1.29. The molecule has 4 nitrogen and oxygen atoms in total. The Kier molecular flexibility index (Phi) is 2.41. The SMILES string of the molecule is CC(C)c1nc(N)cc(-c2ccco2)n1. The van der Waals surface area contributed by atoms with Crippen LogP contribution in [0, 0.1) is 0 Å². The minimum Gasteiger partial charge on any atom is -0.463 e. The van der Waals surface area contributed by atoms with Crippen molar-refractivity contribution < 1.29 is 4.42 Å². The number of anilines is 1. The molecule has 0 fully saturated rings. The number of rotatable bonds is 2. The van der Waals surface area contributed by atoms with Gasteiger partial charge < -0.3 is 10.2 Å². The molecule has 0 aliphatic heterocycles. The van der Waals surface area contributed by atoms with Gasteiger partial charge in [-0.1, -0.05) is 13.8 Å². The third kappa shape index (κ3) is 1.98. The van der Waals surface area contributed by atoms with Crippen molar-refractivity contribution in [2.45, 2.75) is 19.8 Å². The summed E-state index contributed by atoms with van der Waals surface area (Å²) >= 11 is 0. The van der Waals surface area contributed by atoms with E-state index in [4.69, 9.17) is 10.2 Å². The second-order valence-electron chi connectivity index (χ2n) is 3.67. The number of nitrogens with zero attached hydrogens (tertiary/aromatic N) is 2. The van der Waals surface area contributed by atoms with E-state index >= 15 is 0 Å². The fourth-order valence-electron chi connectivity index (χ4n) is 1.29. The summed E-state index contributed by atoms with van der Waals surface area (Å²) in [5, 5.41) is 0. The highest BCUT2D eigenvalue weighted by Gasteiger charge is 2.09. The van der Waals surface area contributed by atoms with Crippen molar-refractivity contribution in [1.29, 1.82) is 0 Å². The molecule has 2 rings (SSSR count). The minimum absolute atomic E-state index is 0.252. The van der Waals surface area contributed by atoms with E-state index in [0.29, 0.717) is 11.6 Å². The number of aromatic nitrogens is 2. The maximum atomic E-state index is 5.71. The van der Waals surface area contributed by atoms with E-state index in [1.165, 1.54) is 0 Å². The molecule has 2 heterocycles. The molecule has 0 bridgehead atoms. The van der Waals surface area contributed by atoms with Crippen molar-refractivity contribution in [2.24, 2.45) is 0 Å². The van der Waals surface area contributed by atoms with Crippen LogP contribution in [-0.2, 0) is 0 Å². The van der Waals surface area contributed by atoms with Crippen LogP contribution in [0.2, 0.25) is 0 Å². The van der Waals surface area contributed by atoms with Crippen molar-refractivity contribution in [3.05, 3.63) is 30.3 Å². The summed E-state index contributed by atoms with van der Waals surface area (Å²) < 4.78 is 5.26. The Morgan fingerprint density at radius 1 is 1.33 bits per heavy atom. The molecule has 0 unspecified atom stereocenters. The summed E-state index contributed by atoms with van der Waals surface area (Å²) in [5.74, 6) is 2.18. The average Bonchev–Trinajstić information content (AvgIpc) is 2.69. The van der Waals surface area contributed by atoms with Gasteiger partial charge >= 0.3 is 0 Å². The molecule has 0 aromatic carbocycles. The molecule has 78 valence electrons. The molecule has 15 heavy (non-hydrogen) atoms. The van der Waals surface area contributed by atoms with Gasteiger partial charge in [-0.2, -0.15) is 0 Å². The number of hydrogen-bond acceptors (Lipinski definition) is 4. The van der Waals surface area contributed by atoms with Crippen molar-refractivity contribution in [3.8, 4) is 11.5 Å². The van der Waals surface area contributed by atoms with Gasteiger partial charge in [0.2, 0.25) is 0 Å². The van der Waals surface area contributed by atoms with Crippen LogP contribution in [-0.4, -0.2) is 9.97 Å². The number of furan rings is 1. The summed E-state index contributed by atoms with van der Waals surface area (Å²) in [7, 11) is 0. The summed E-state index contributed by atoms with van der Waals surface area (Å²) in [6, 6.07) is 5.39. The van der Waals surface area contributed by atoms with Gasteiger partial charge in [0.15, 0.2) is 5.76 Å². The lowest BCUT2D eigenvalue weighted by Gasteiger charge is -2.06. The standard InChI is InChI=1S/C11H13N3O/c1-7(2)11-13-8(6-10(12)14-11)9-4-3-5-15-9/h3-7H,1-2H3,(H2,12,13,14). The summed E-state index contributed by atoms with van der Waals surface area (Å²) in [6.45, 7) is 4.06. The maximum Gasteiger partial charge on any atom is 0.152 e. The summed E-state index contributed by atoms with van der Waals surface area (Å²) in [4.78, 5) is 8.56. The van der Waals surface area contributed by atoms with Gasteiger partial charge in [-0.25, -0.2) is 9.97 Å². The molecule has 0 radical (unpaired) electrons. The highest BCUT2D eigenvalue weighted by Crippen LogP contribution is 2.21. The first-order valence-electron chi connectivity index (χ1n) is 4.85. The predicted molar refractivity (Wildman–Crippen MR) is 58.2 cm³/mol. The first-order chi connectivity index (χ1) is 7.16. The Morgan fingerprint density at radius 3 is 2.73 bits per heavy atom. The smallest absolute Gasteiger partial charge is 0.152 e. The van der Waals surface area contributed by atoms with Gasteiger partial charge in [-0.15, -0.1) is 0 Å². The van der Waals surface area contributed by atoms with E-state index in [1.54, 1.807) is 12.3 Å². The molecular formula is C11H13N3O. The molecule has 0 aliphatic carbocycles. The van der Waals surface area contributed by atoms with Gasteiger partial charge in [0.25, 0.3) is 0 Å². The van der Waals surface area contributed by atoms with E-state index < -0.39 is 0 Å². The molecule has 0 aliphatic rings. The monoisotopic (exact) mass is 203 g/mol. The Balaban J connectivity index is 2.49. The third-order valence-corrected chi connectivity index (χ3v) is 2.05. The highest BCUT2D eigenvalue weighted by molar-refractivity contribution is 5.55. The van der Waals surface area contributed by atoms with E-state index in [2.05, 4.69) is 9.97 Å². The number of nitrogen functional groups attached to an aromatic ring is 1. The first-order valence-corrected chi connectivity index (χ1v) is 4.85. The fraction of sp³-hybridized carbons (Fsp3) is 0.273. The Labute approximate surface area is 88.2 Å². The lowest BCUT2D eigenvalue weighted by Crippen LogP contribution is -2.02. The van der Waals surface area contributed by atoms with E-state index in [1.807, 2.05) is 26.0 Å². The molecule has 0 atom stereocenters. The van der Waals surface area contributed by atoms with Crippen LogP contribution in [0.15, 0.2) is 28.9 Å². The van der Waals surface area contributed by atoms with E-state index in [0.717, 1.165) is 11.5 Å². The van der Waals surface area contributed by atoms with Crippen molar-refractivity contribution >= 4 is 5.82 Å². The molecule has 0 saturated heterocycles. The van der Waals surface area contributed by atoms with Crippen LogP contribution < -0.4 is 5.73 Å². The first kappa shape index (κ1) is 9.71. The zero-order valence-electron chi connectivity index (χ0n) is 8.77. The van der Waals surface area contributed by atoms with Gasteiger partial charge in [-0.05, 0) is 12.1 Å². The van der Waals surface area contributed by atoms with Crippen LogP contribution in [0.5, 0.6) is 0 Å². The van der Waals surface area contributed by atoms with E-state index in [9.17, 15) is 0 Å². The Morgan fingerprint density at radius 2 is 2.13 bits per heavy atom. The zero-order chi connectivity index (χ0) is 10.8. The molecule has 0 saturated carbocycles. The number of nitrogens with two attached hydrogens (primary N) is 1. The van der Waals surface area contributed by atoms with Gasteiger partial charge in [0.05, 0.1) is 6.26 Å². The van der Waals surface area contributed by atoms with Crippen LogP contribution in [0.25, 0.3) is 11.5 Å². The molecule has 2 N–H and O–H groups in total. The minimum atomic E-state index is 0.252.